The lowest BCUT2D eigenvalue weighted by Gasteiger charge is -2.39. The molecule has 0 unspecified atom stereocenters. The van der Waals surface area contributed by atoms with Crippen LogP contribution in [0.2, 0.25) is 0 Å². The molecule has 2 aliphatic rings. The van der Waals surface area contributed by atoms with E-state index >= 15 is 0 Å². The lowest BCUT2D eigenvalue weighted by atomic mass is 9.78. The standard InChI is InChI=1S/C15H20N2O2S2/c16-13(20)15(4-6-19-7-5-15)14(18)17(12-1-2-12)9-11-3-8-21-10-11/h3,8,10,12H,1-2,4-7,9H2,(H2,16,20). The van der Waals surface area contributed by atoms with Gasteiger partial charge >= 0.3 is 0 Å². The van der Waals surface area contributed by atoms with Crippen molar-refractivity contribution in [2.75, 3.05) is 13.2 Å². The monoisotopic (exact) mass is 324 g/mol. The number of thiophene rings is 1. The Morgan fingerprint density at radius 2 is 2.19 bits per heavy atom. The van der Waals surface area contributed by atoms with Crippen LogP contribution in [0.4, 0.5) is 0 Å². The maximum atomic E-state index is 13.2. The highest BCUT2D eigenvalue weighted by atomic mass is 32.1. The Labute approximate surface area is 134 Å². The summed E-state index contributed by atoms with van der Waals surface area (Å²) in [6, 6.07) is 2.43. The summed E-state index contributed by atoms with van der Waals surface area (Å²) in [6.07, 6.45) is 3.38. The molecule has 1 aliphatic heterocycles. The van der Waals surface area contributed by atoms with E-state index in [0.717, 1.165) is 12.8 Å². The summed E-state index contributed by atoms with van der Waals surface area (Å²) >= 11 is 6.91. The van der Waals surface area contributed by atoms with E-state index in [9.17, 15) is 4.79 Å². The molecule has 0 atom stereocenters. The Kier molecular flexibility index (Phi) is 4.28. The molecular weight excluding hydrogens is 304 g/mol. The van der Waals surface area contributed by atoms with E-state index in [-0.39, 0.29) is 5.91 Å². The molecule has 1 aromatic rings. The Balaban J connectivity index is 1.83. The summed E-state index contributed by atoms with van der Waals surface area (Å²) in [5, 5.41) is 4.14. The zero-order chi connectivity index (χ0) is 14.9. The zero-order valence-electron chi connectivity index (χ0n) is 11.9. The first-order chi connectivity index (χ1) is 10.1. The Morgan fingerprint density at radius 3 is 2.71 bits per heavy atom. The van der Waals surface area contributed by atoms with Crippen molar-refractivity contribution in [2.45, 2.75) is 38.3 Å². The number of amides is 1. The van der Waals surface area contributed by atoms with Gasteiger partial charge < -0.3 is 15.4 Å². The summed E-state index contributed by atoms with van der Waals surface area (Å²) in [5.41, 5.74) is 6.45. The number of thiocarbonyl (C=S) groups is 1. The van der Waals surface area contributed by atoms with Gasteiger partial charge in [0.25, 0.3) is 0 Å². The number of carbonyl (C=O) groups is 1. The van der Waals surface area contributed by atoms with E-state index in [0.29, 0.717) is 43.6 Å². The molecule has 2 fully saturated rings. The first-order valence-electron chi connectivity index (χ1n) is 7.33. The van der Waals surface area contributed by atoms with Crippen LogP contribution in [-0.2, 0) is 16.1 Å². The normalized spacial score (nSPS) is 21.0. The van der Waals surface area contributed by atoms with Crippen LogP contribution >= 0.6 is 23.6 Å². The molecule has 2 N–H and O–H groups in total. The van der Waals surface area contributed by atoms with Crippen LogP contribution in [0.15, 0.2) is 16.8 Å². The minimum atomic E-state index is -0.702. The Morgan fingerprint density at radius 1 is 1.48 bits per heavy atom. The number of rotatable bonds is 5. The third-order valence-electron chi connectivity index (χ3n) is 4.41. The Bertz CT molecular complexity index is 520. The third-order valence-corrected chi connectivity index (χ3v) is 5.53. The second-order valence-corrected chi connectivity index (χ2v) is 7.07. The molecule has 6 heteroatoms. The molecule has 0 bridgehead atoms. The highest BCUT2D eigenvalue weighted by Crippen LogP contribution is 2.38. The summed E-state index contributed by atoms with van der Waals surface area (Å²) in [6.45, 7) is 1.78. The van der Waals surface area contributed by atoms with Crippen molar-refractivity contribution in [3.05, 3.63) is 22.4 Å². The molecule has 3 rings (SSSR count). The van der Waals surface area contributed by atoms with Crippen molar-refractivity contribution in [1.29, 1.82) is 0 Å². The molecule has 1 aromatic heterocycles. The second kappa shape index (κ2) is 6.02. The van der Waals surface area contributed by atoms with Gasteiger partial charge in [0.1, 0.15) is 5.41 Å². The third kappa shape index (κ3) is 2.98. The molecule has 1 aliphatic carbocycles. The molecule has 1 saturated carbocycles. The summed E-state index contributed by atoms with van der Waals surface area (Å²) in [4.78, 5) is 15.5. The average molecular weight is 324 g/mol. The summed E-state index contributed by atoms with van der Waals surface area (Å²) in [7, 11) is 0. The lowest BCUT2D eigenvalue weighted by molar-refractivity contribution is -0.143. The Hall–Kier alpha value is -0.980. The molecule has 21 heavy (non-hydrogen) atoms. The topological polar surface area (TPSA) is 55.6 Å². The minimum Gasteiger partial charge on any atom is -0.392 e. The zero-order valence-corrected chi connectivity index (χ0v) is 13.5. The van der Waals surface area contributed by atoms with Crippen molar-refractivity contribution in [1.82, 2.24) is 4.90 Å². The van der Waals surface area contributed by atoms with Gasteiger partial charge in [0.15, 0.2) is 0 Å². The van der Waals surface area contributed by atoms with Crippen LogP contribution in [-0.4, -0.2) is 35.1 Å². The van der Waals surface area contributed by atoms with E-state index in [1.165, 1.54) is 5.56 Å². The maximum Gasteiger partial charge on any atom is 0.236 e. The largest absolute Gasteiger partial charge is 0.392 e. The van der Waals surface area contributed by atoms with E-state index in [4.69, 9.17) is 22.7 Å². The number of hydrogen-bond donors (Lipinski definition) is 1. The van der Waals surface area contributed by atoms with E-state index < -0.39 is 5.41 Å². The van der Waals surface area contributed by atoms with Gasteiger partial charge in [-0.25, -0.2) is 0 Å². The lowest BCUT2D eigenvalue weighted by Crippen LogP contribution is -2.53. The van der Waals surface area contributed by atoms with Crippen LogP contribution in [0, 0.1) is 5.41 Å². The van der Waals surface area contributed by atoms with Gasteiger partial charge in [-0.1, -0.05) is 12.2 Å². The van der Waals surface area contributed by atoms with Gasteiger partial charge in [0.05, 0.1) is 4.99 Å². The quantitative estimate of drug-likeness (QED) is 0.845. The molecular formula is C15H20N2O2S2. The average Bonchev–Trinajstić information content (AvgIpc) is 3.21. The number of hydrogen-bond acceptors (Lipinski definition) is 4. The highest BCUT2D eigenvalue weighted by molar-refractivity contribution is 7.80. The van der Waals surface area contributed by atoms with Crippen molar-refractivity contribution < 1.29 is 9.53 Å². The van der Waals surface area contributed by atoms with Gasteiger partial charge in [0.2, 0.25) is 5.91 Å². The molecule has 114 valence electrons. The number of nitrogens with two attached hydrogens (primary N) is 1. The van der Waals surface area contributed by atoms with Crippen LogP contribution in [0.25, 0.3) is 0 Å². The predicted molar refractivity (Wildman–Crippen MR) is 87.2 cm³/mol. The molecule has 0 aromatic carbocycles. The predicted octanol–water partition coefficient (Wildman–Crippen LogP) is 2.32. The number of carbonyl (C=O) groups excluding carboxylic acids is 1. The molecule has 4 nitrogen and oxygen atoms in total. The maximum absolute atomic E-state index is 13.2. The summed E-state index contributed by atoms with van der Waals surface area (Å²) < 4.78 is 5.40. The molecule has 0 spiro atoms. The van der Waals surface area contributed by atoms with Crippen molar-refractivity contribution in [3.8, 4) is 0 Å². The van der Waals surface area contributed by atoms with Crippen LogP contribution in [0.1, 0.15) is 31.2 Å². The fraction of sp³-hybridized carbons (Fsp3) is 0.600. The molecule has 0 radical (unpaired) electrons. The smallest absolute Gasteiger partial charge is 0.236 e. The van der Waals surface area contributed by atoms with Crippen LogP contribution in [0.3, 0.4) is 0 Å². The van der Waals surface area contributed by atoms with Gasteiger partial charge in [-0.3, -0.25) is 4.79 Å². The second-order valence-electron chi connectivity index (χ2n) is 5.85. The van der Waals surface area contributed by atoms with Crippen molar-refractivity contribution >= 4 is 34.5 Å². The fourth-order valence-electron chi connectivity index (χ4n) is 2.89. The van der Waals surface area contributed by atoms with Crippen LogP contribution in [0.5, 0.6) is 0 Å². The summed E-state index contributed by atoms with van der Waals surface area (Å²) in [5.74, 6) is 0.104. The molecule has 2 heterocycles. The SMILES string of the molecule is NC(=S)C1(C(=O)N(Cc2ccsc2)C2CC2)CCOCC1. The van der Waals surface area contributed by atoms with E-state index in [1.807, 2.05) is 10.3 Å². The van der Waals surface area contributed by atoms with Gasteiger partial charge in [-0.15, -0.1) is 0 Å². The molecule has 1 amide bonds. The molecule has 1 saturated heterocycles. The van der Waals surface area contributed by atoms with Gasteiger partial charge in [-0.05, 0) is 48.1 Å². The van der Waals surface area contributed by atoms with Gasteiger partial charge in [-0.2, -0.15) is 11.3 Å². The van der Waals surface area contributed by atoms with E-state index in [1.54, 1.807) is 11.3 Å². The van der Waals surface area contributed by atoms with Gasteiger partial charge in [0, 0.05) is 25.8 Å². The first kappa shape index (κ1) is 14.9. The highest BCUT2D eigenvalue weighted by Gasteiger charge is 2.48. The fourth-order valence-corrected chi connectivity index (χ4v) is 3.84. The van der Waals surface area contributed by atoms with Crippen molar-refractivity contribution in [2.24, 2.45) is 11.1 Å². The number of nitrogens with zero attached hydrogens (tertiary/aromatic N) is 1. The van der Waals surface area contributed by atoms with E-state index in [2.05, 4.69) is 11.4 Å². The first-order valence-corrected chi connectivity index (χ1v) is 8.68. The van der Waals surface area contributed by atoms with Crippen molar-refractivity contribution in [3.63, 3.8) is 0 Å². The minimum absolute atomic E-state index is 0.104. The van der Waals surface area contributed by atoms with Crippen LogP contribution < -0.4 is 5.73 Å². The number of ether oxygens (including phenoxy) is 1.